The zero-order valence-electron chi connectivity index (χ0n) is 7.66. The molecule has 0 saturated carbocycles. The van der Waals surface area contributed by atoms with Gasteiger partial charge in [0.1, 0.15) is 6.17 Å². The van der Waals surface area contributed by atoms with Crippen molar-refractivity contribution in [3.8, 4) is 0 Å². The van der Waals surface area contributed by atoms with Crippen LogP contribution in [-0.2, 0) is 4.74 Å². The molecule has 0 aromatic carbocycles. The van der Waals surface area contributed by atoms with Gasteiger partial charge in [-0.1, -0.05) is 0 Å². The van der Waals surface area contributed by atoms with Gasteiger partial charge in [0.2, 0.25) is 0 Å². The second kappa shape index (κ2) is 2.96. The molecule has 0 aromatic heterocycles. The third-order valence-corrected chi connectivity index (χ3v) is 2.92. The normalized spacial score (nSPS) is 42.5. The van der Waals surface area contributed by atoms with Crippen LogP contribution < -0.4 is 0 Å². The zero-order valence-corrected chi connectivity index (χ0v) is 7.66. The van der Waals surface area contributed by atoms with Crippen molar-refractivity contribution in [2.75, 3.05) is 13.2 Å². The Hall–Kier alpha value is -0.150. The van der Waals surface area contributed by atoms with Crippen LogP contribution in [0.3, 0.4) is 0 Å². The summed E-state index contributed by atoms with van der Waals surface area (Å²) >= 11 is 0. The lowest BCUT2D eigenvalue weighted by Crippen LogP contribution is -2.62. The van der Waals surface area contributed by atoms with Crippen LogP contribution in [0.4, 0.5) is 4.39 Å². The molecular formula is C9H16FNO. The van der Waals surface area contributed by atoms with E-state index in [9.17, 15) is 4.39 Å². The van der Waals surface area contributed by atoms with E-state index in [2.05, 4.69) is 18.7 Å². The van der Waals surface area contributed by atoms with Crippen molar-refractivity contribution in [2.45, 2.75) is 44.6 Å². The Bertz CT molecular complexity index is 174. The van der Waals surface area contributed by atoms with E-state index in [0.717, 1.165) is 13.0 Å². The first-order valence-corrected chi connectivity index (χ1v) is 4.69. The van der Waals surface area contributed by atoms with Crippen LogP contribution in [0.1, 0.15) is 20.3 Å². The standard InChI is InChI=1S/C9H16FNO/c1-6(2)11-7-3-9(11)8(10)5-12-4-7/h6-9H,3-5H2,1-2H3/t7-,8-,9+/m0/s1. The maximum Gasteiger partial charge on any atom is 0.139 e. The van der Waals surface area contributed by atoms with Crippen LogP contribution in [-0.4, -0.2) is 42.4 Å². The molecule has 3 fully saturated rings. The van der Waals surface area contributed by atoms with Crippen LogP contribution in [0.2, 0.25) is 0 Å². The third kappa shape index (κ3) is 1.15. The summed E-state index contributed by atoms with van der Waals surface area (Å²) < 4.78 is 18.5. The summed E-state index contributed by atoms with van der Waals surface area (Å²) in [4.78, 5) is 2.25. The molecule has 3 aliphatic heterocycles. The first-order valence-electron chi connectivity index (χ1n) is 4.69. The van der Waals surface area contributed by atoms with Crippen LogP contribution in [0.15, 0.2) is 0 Å². The maximum absolute atomic E-state index is 13.3. The van der Waals surface area contributed by atoms with E-state index in [1.54, 1.807) is 0 Å². The van der Waals surface area contributed by atoms with Gasteiger partial charge < -0.3 is 4.74 Å². The van der Waals surface area contributed by atoms with Gasteiger partial charge in [0.05, 0.1) is 13.2 Å². The summed E-state index contributed by atoms with van der Waals surface area (Å²) in [6.07, 6.45) is 0.213. The van der Waals surface area contributed by atoms with Crippen LogP contribution in [0, 0.1) is 0 Å². The first-order chi connectivity index (χ1) is 5.70. The van der Waals surface area contributed by atoms with E-state index in [4.69, 9.17) is 4.74 Å². The van der Waals surface area contributed by atoms with Crippen LogP contribution in [0.25, 0.3) is 0 Å². The van der Waals surface area contributed by atoms with Crippen molar-refractivity contribution in [3.63, 3.8) is 0 Å². The van der Waals surface area contributed by atoms with Crippen molar-refractivity contribution in [3.05, 3.63) is 0 Å². The van der Waals surface area contributed by atoms with Gasteiger partial charge in [0.25, 0.3) is 0 Å². The molecule has 3 atom stereocenters. The van der Waals surface area contributed by atoms with Crippen molar-refractivity contribution >= 4 is 0 Å². The highest BCUT2D eigenvalue weighted by Gasteiger charge is 2.46. The monoisotopic (exact) mass is 173 g/mol. The summed E-state index contributed by atoms with van der Waals surface area (Å²) in [5, 5.41) is 0. The molecule has 2 bridgehead atoms. The summed E-state index contributed by atoms with van der Waals surface area (Å²) in [5.74, 6) is 0. The SMILES string of the molecule is CC(C)N1[C@@H]2COC[C@H](F)[C@H]1C2. The molecule has 0 amide bonds. The molecule has 0 spiro atoms. The molecule has 0 aliphatic carbocycles. The Labute approximate surface area is 72.7 Å². The molecule has 3 heterocycles. The quantitative estimate of drug-likeness (QED) is 0.591. The third-order valence-electron chi connectivity index (χ3n) is 2.92. The van der Waals surface area contributed by atoms with E-state index in [-0.39, 0.29) is 6.04 Å². The first kappa shape index (κ1) is 8.45. The number of fused-ring (bicyclic) bond motifs is 3. The number of hydrogen-bond donors (Lipinski definition) is 0. The second-order valence-corrected chi connectivity index (χ2v) is 4.05. The number of ether oxygens (including phenoxy) is 1. The molecule has 3 aliphatic rings. The molecule has 0 aromatic rings. The smallest absolute Gasteiger partial charge is 0.139 e. The van der Waals surface area contributed by atoms with Gasteiger partial charge in [-0.05, 0) is 20.3 Å². The lowest BCUT2D eigenvalue weighted by atomic mass is 9.89. The minimum atomic E-state index is -0.772. The number of alkyl halides is 1. The average Bonchev–Trinajstić information content (AvgIpc) is 2.15. The van der Waals surface area contributed by atoms with Gasteiger partial charge in [-0.15, -0.1) is 0 Å². The predicted octanol–water partition coefficient (Wildman–Crippen LogP) is 1.21. The van der Waals surface area contributed by atoms with Gasteiger partial charge >= 0.3 is 0 Å². The second-order valence-electron chi connectivity index (χ2n) is 4.05. The van der Waals surface area contributed by atoms with Gasteiger partial charge in [-0.3, -0.25) is 4.90 Å². The fourth-order valence-corrected chi connectivity index (χ4v) is 2.38. The van der Waals surface area contributed by atoms with E-state index in [1.807, 2.05) is 0 Å². The van der Waals surface area contributed by atoms with E-state index >= 15 is 0 Å². The molecule has 2 nitrogen and oxygen atoms in total. The molecule has 0 unspecified atom stereocenters. The highest BCUT2D eigenvalue weighted by Crippen LogP contribution is 2.34. The van der Waals surface area contributed by atoms with E-state index < -0.39 is 6.17 Å². The Morgan fingerprint density at radius 3 is 2.83 bits per heavy atom. The van der Waals surface area contributed by atoms with Crippen molar-refractivity contribution in [2.24, 2.45) is 0 Å². The Kier molecular flexibility index (Phi) is 2.09. The Balaban J connectivity index is 2.06. The summed E-state index contributed by atoms with van der Waals surface area (Å²) in [5.41, 5.74) is 0. The molecule has 3 saturated heterocycles. The average molecular weight is 173 g/mol. The molecule has 12 heavy (non-hydrogen) atoms. The van der Waals surface area contributed by atoms with Crippen molar-refractivity contribution in [1.29, 1.82) is 0 Å². The number of rotatable bonds is 1. The fraction of sp³-hybridized carbons (Fsp3) is 1.00. The Morgan fingerprint density at radius 2 is 2.17 bits per heavy atom. The lowest BCUT2D eigenvalue weighted by Gasteiger charge is -2.49. The molecular weight excluding hydrogens is 157 g/mol. The van der Waals surface area contributed by atoms with Crippen molar-refractivity contribution in [1.82, 2.24) is 4.90 Å². The molecule has 70 valence electrons. The van der Waals surface area contributed by atoms with Crippen LogP contribution >= 0.6 is 0 Å². The van der Waals surface area contributed by atoms with Gasteiger partial charge in [-0.2, -0.15) is 0 Å². The number of hydrogen-bond acceptors (Lipinski definition) is 2. The summed E-state index contributed by atoms with van der Waals surface area (Å²) in [6, 6.07) is 1.07. The predicted molar refractivity (Wildman–Crippen MR) is 44.9 cm³/mol. The highest BCUT2D eigenvalue weighted by molar-refractivity contribution is 5.00. The molecule has 3 heteroatoms. The minimum absolute atomic E-state index is 0.137. The minimum Gasteiger partial charge on any atom is -0.377 e. The van der Waals surface area contributed by atoms with Crippen molar-refractivity contribution < 1.29 is 9.13 Å². The van der Waals surface area contributed by atoms with Gasteiger partial charge in [-0.25, -0.2) is 4.39 Å². The zero-order chi connectivity index (χ0) is 8.72. The summed E-state index contributed by atoms with van der Waals surface area (Å²) in [6.45, 7) is 5.26. The fourth-order valence-electron chi connectivity index (χ4n) is 2.38. The number of nitrogens with zero attached hydrogens (tertiary/aromatic N) is 1. The maximum atomic E-state index is 13.3. The van der Waals surface area contributed by atoms with Gasteiger partial charge in [0.15, 0.2) is 0 Å². The van der Waals surface area contributed by atoms with Crippen LogP contribution in [0.5, 0.6) is 0 Å². The summed E-state index contributed by atoms with van der Waals surface area (Å²) in [7, 11) is 0. The largest absolute Gasteiger partial charge is 0.377 e. The molecule has 3 rings (SSSR count). The lowest BCUT2D eigenvalue weighted by molar-refractivity contribution is -0.0380. The number of halogens is 1. The molecule has 0 N–H and O–H groups in total. The highest BCUT2D eigenvalue weighted by atomic mass is 19.1. The topological polar surface area (TPSA) is 12.5 Å². The Morgan fingerprint density at radius 1 is 1.42 bits per heavy atom. The molecule has 0 radical (unpaired) electrons. The van der Waals surface area contributed by atoms with Gasteiger partial charge in [0, 0.05) is 18.1 Å². The van der Waals surface area contributed by atoms with E-state index in [1.165, 1.54) is 0 Å². The van der Waals surface area contributed by atoms with E-state index in [0.29, 0.717) is 18.7 Å².